The normalized spacial score (nSPS) is 10.7. The van der Waals surface area contributed by atoms with E-state index in [1.165, 1.54) is 6.33 Å². The first kappa shape index (κ1) is 16.8. The molecule has 0 aliphatic heterocycles. The molecule has 0 aliphatic rings. The van der Waals surface area contributed by atoms with E-state index in [1.807, 2.05) is 18.3 Å². The Labute approximate surface area is 149 Å². The Kier molecular flexibility index (Phi) is 4.85. The maximum Gasteiger partial charge on any atom is 0.271 e. The Bertz CT molecular complexity index is 952. The zero-order valence-electron chi connectivity index (χ0n) is 14.6. The maximum absolute atomic E-state index is 12.8. The van der Waals surface area contributed by atoms with Gasteiger partial charge in [0, 0.05) is 32.7 Å². The number of H-pyrrole nitrogens is 2. The van der Waals surface area contributed by atoms with E-state index in [9.17, 15) is 4.79 Å². The van der Waals surface area contributed by atoms with E-state index in [0.29, 0.717) is 24.7 Å². The molecule has 3 aromatic rings. The van der Waals surface area contributed by atoms with Crippen molar-refractivity contribution in [2.75, 3.05) is 13.1 Å². The monoisotopic (exact) mass is 339 g/mol. The predicted molar refractivity (Wildman–Crippen MR) is 102 cm³/mol. The van der Waals surface area contributed by atoms with Gasteiger partial charge in [-0.15, -0.1) is 5.92 Å². The molecule has 3 rings (SSSR count). The summed E-state index contributed by atoms with van der Waals surface area (Å²) in [7, 11) is 0. The van der Waals surface area contributed by atoms with Crippen molar-refractivity contribution in [2.24, 2.45) is 5.92 Å². The number of nitrogens with one attached hydrogen (secondary N) is 2. The third-order valence-electron chi connectivity index (χ3n) is 3.86. The quantitative estimate of drug-likeness (QED) is 0.698. The van der Waals surface area contributed by atoms with Gasteiger partial charge in [0.15, 0.2) is 0 Å². The van der Waals surface area contributed by atoms with Crippen molar-refractivity contribution in [3.05, 3.63) is 36.5 Å². The second-order valence-electron chi connectivity index (χ2n) is 6.27. The van der Waals surface area contributed by atoms with Crippen LogP contribution in [-0.4, -0.2) is 43.8 Å². The number of nitrogens with zero attached hydrogens (tertiary/aromatic N) is 3. The number of aromatic nitrogens is 4. The molecule has 132 valence electrons. The molecule has 0 saturated heterocycles. The molecule has 1 amide bonds. The summed E-state index contributed by atoms with van der Waals surface area (Å²) in [4.78, 5) is 29.3. The van der Waals surface area contributed by atoms with Gasteiger partial charge in [-0.25, -0.2) is 9.97 Å². The fraction of sp³-hybridized carbons (Fsp3) is 0.316. The lowest BCUT2D eigenvalue weighted by molar-refractivity contribution is 0.0754. The molecule has 0 bridgehead atoms. The second-order valence-corrected chi connectivity index (χ2v) is 6.27. The van der Waals surface area contributed by atoms with Gasteiger partial charge in [-0.1, -0.05) is 19.8 Å². The lowest BCUT2D eigenvalue weighted by Gasteiger charge is -2.21. The first-order valence-corrected chi connectivity index (χ1v) is 8.26. The minimum atomic E-state index is -0.0536. The Balaban J connectivity index is 0.00000182. The standard InChI is InChI=1S/C19H21N5O.2H2/c1-4-5-8-24(11-13(2)3)19(25)16-9-14(10-21-16)17-15-6-7-20-18(15)23-12-22-17;;/h6-7,9-10,12-13,21H,8,11H2,1-3H3,(H,20,22,23);2*1H. The molecule has 2 N–H and O–H groups in total. The van der Waals surface area contributed by atoms with E-state index < -0.39 is 0 Å². The summed E-state index contributed by atoms with van der Waals surface area (Å²) in [5.74, 6) is 6.15. The molecule has 3 aromatic heterocycles. The van der Waals surface area contributed by atoms with E-state index in [1.54, 1.807) is 18.0 Å². The zero-order chi connectivity index (χ0) is 17.8. The Hall–Kier alpha value is -3.07. The minimum Gasteiger partial charge on any atom is -0.357 e. The van der Waals surface area contributed by atoms with Crippen molar-refractivity contribution < 1.29 is 7.65 Å². The van der Waals surface area contributed by atoms with Crippen LogP contribution in [0.1, 0.15) is 34.1 Å². The van der Waals surface area contributed by atoms with Gasteiger partial charge in [-0.3, -0.25) is 4.79 Å². The Morgan fingerprint density at radius 1 is 1.36 bits per heavy atom. The van der Waals surface area contributed by atoms with E-state index in [4.69, 9.17) is 0 Å². The summed E-state index contributed by atoms with van der Waals surface area (Å²) >= 11 is 0. The molecule has 0 spiro atoms. The molecule has 0 atom stereocenters. The summed E-state index contributed by atoms with van der Waals surface area (Å²) in [6.45, 7) is 7.05. The lowest BCUT2D eigenvalue weighted by Crippen LogP contribution is -2.34. The number of amides is 1. The predicted octanol–water partition coefficient (Wildman–Crippen LogP) is 3.57. The van der Waals surface area contributed by atoms with Crippen LogP contribution in [0.5, 0.6) is 0 Å². The third kappa shape index (κ3) is 3.56. The first-order valence-electron chi connectivity index (χ1n) is 8.26. The van der Waals surface area contributed by atoms with Crippen LogP contribution >= 0.6 is 0 Å². The van der Waals surface area contributed by atoms with Crippen LogP contribution in [0.3, 0.4) is 0 Å². The SMILES string of the molecule is CC#CCN(CC(C)C)C(=O)c1cc(-c2ncnc3[nH]ccc23)c[nH]1.[HH].[HH]. The molecule has 0 fully saturated rings. The van der Waals surface area contributed by atoms with Gasteiger partial charge >= 0.3 is 0 Å². The van der Waals surface area contributed by atoms with Gasteiger partial charge in [-0.05, 0) is 25.0 Å². The van der Waals surface area contributed by atoms with E-state index in [-0.39, 0.29) is 8.76 Å². The molecule has 25 heavy (non-hydrogen) atoms. The van der Waals surface area contributed by atoms with Crippen LogP contribution in [0.4, 0.5) is 0 Å². The largest absolute Gasteiger partial charge is 0.357 e. The van der Waals surface area contributed by atoms with Gasteiger partial charge in [-0.2, -0.15) is 0 Å². The number of aromatic amines is 2. The number of carbonyl (C=O) groups excluding carboxylic acids is 1. The third-order valence-corrected chi connectivity index (χ3v) is 3.86. The van der Waals surface area contributed by atoms with Crippen molar-refractivity contribution in [1.82, 2.24) is 24.8 Å². The smallest absolute Gasteiger partial charge is 0.271 e. The van der Waals surface area contributed by atoms with E-state index in [2.05, 4.69) is 45.6 Å². The van der Waals surface area contributed by atoms with Crippen molar-refractivity contribution in [2.45, 2.75) is 20.8 Å². The van der Waals surface area contributed by atoms with Crippen LogP contribution in [0.15, 0.2) is 30.9 Å². The number of carbonyl (C=O) groups is 1. The molecule has 0 radical (unpaired) electrons. The van der Waals surface area contributed by atoms with Crippen LogP contribution in [0.25, 0.3) is 22.3 Å². The highest BCUT2D eigenvalue weighted by atomic mass is 16.2. The lowest BCUT2D eigenvalue weighted by atomic mass is 10.1. The van der Waals surface area contributed by atoms with E-state index >= 15 is 0 Å². The summed E-state index contributed by atoms with van der Waals surface area (Å²) in [6, 6.07) is 3.77. The van der Waals surface area contributed by atoms with Crippen LogP contribution < -0.4 is 0 Å². The average Bonchev–Trinajstić information content (AvgIpc) is 3.26. The summed E-state index contributed by atoms with van der Waals surface area (Å²) in [6.07, 6.45) is 5.15. The Morgan fingerprint density at radius 2 is 2.20 bits per heavy atom. The maximum atomic E-state index is 12.8. The van der Waals surface area contributed by atoms with Gasteiger partial charge in [0.2, 0.25) is 0 Å². The molecule has 0 unspecified atom stereocenters. The fourth-order valence-electron chi connectivity index (χ4n) is 2.76. The van der Waals surface area contributed by atoms with E-state index in [0.717, 1.165) is 22.3 Å². The highest BCUT2D eigenvalue weighted by Gasteiger charge is 2.19. The molecule has 0 saturated carbocycles. The average molecular weight is 339 g/mol. The number of hydrogen-bond acceptors (Lipinski definition) is 3. The highest BCUT2D eigenvalue weighted by Crippen LogP contribution is 2.25. The summed E-state index contributed by atoms with van der Waals surface area (Å²) in [5.41, 5.74) is 2.97. The number of hydrogen-bond donors (Lipinski definition) is 2. The summed E-state index contributed by atoms with van der Waals surface area (Å²) < 4.78 is 0. The molecular formula is C19H25N5O. The zero-order valence-corrected chi connectivity index (χ0v) is 14.6. The summed E-state index contributed by atoms with van der Waals surface area (Å²) in [5, 5.41) is 0.927. The second kappa shape index (κ2) is 7.22. The van der Waals surface area contributed by atoms with Crippen molar-refractivity contribution in [3.8, 4) is 23.1 Å². The van der Waals surface area contributed by atoms with Crippen molar-refractivity contribution in [1.29, 1.82) is 0 Å². The topological polar surface area (TPSA) is 77.7 Å². The highest BCUT2D eigenvalue weighted by molar-refractivity contribution is 5.96. The molecule has 6 nitrogen and oxygen atoms in total. The number of rotatable bonds is 5. The van der Waals surface area contributed by atoms with Gasteiger partial charge < -0.3 is 14.9 Å². The van der Waals surface area contributed by atoms with Crippen molar-refractivity contribution in [3.63, 3.8) is 0 Å². The molecule has 3 heterocycles. The van der Waals surface area contributed by atoms with Crippen molar-refractivity contribution >= 4 is 16.9 Å². The molecule has 6 heteroatoms. The Morgan fingerprint density at radius 3 is 2.96 bits per heavy atom. The fourth-order valence-corrected chi connectivity index (χ4v) is 2.76. The first-order chi connectivity index (χ1) is 12.1. The number of fused-ring (bicyclic) bond motifs is 1. The molecule has 0 aliphatic carbocycles. The minimum absolute atomic E-state index is 0. The van der Waals surface area contributed by atoms with Gasteiger partial charge in [0.05, 0.1) is 12.2 Å². The van der Waals surface area contributed by atoms with Gasteiger partial charge in [0.25, 0.3) is 5.91 Å². The molecule has 0 aromatic carbocycles. The van der Waals surface area contributed by atoms with Gasteiger partial charge in [0.1, 0.15) is 17.7 Å². The van der Waals surface area contributed by atoms with Crippen LogP contribution in [0, 0.1) is 17.8 Å². The van der Waals surface area contributed by atoms with Crippen LogP contribution in [0.2, 0.25) is 0 Å². The molecular weight excluding hydrogens is 314 g/mol. The van der Waals surface area contributed by atoms with Crippen LogP contribution in [-0.2, 0) is 0 Å².